The fourth-order valence-corrected chi connectivity index (χ4v) is 3.75. The monoisotopic (exact) mass is 414 g/mol. The molecule has 21 heavy (non-hydrogen) atoms. The lowest BCUT2D eigenvalue weighted by atomic mass is 10.0. The Bertz CT molecular complexity index is 637. The lowest BCUT2D eigenvalue weighted by molar-refractivity contribution is 0.527. The molecular formula is C15H20Br2N4. The average molecular weight is 416 g/mol. The van der Waals surface area contributed by atoms with Crippen LogP contribution in [0.5, 0.6) is 0 Å². The van der Waals surface area contributed by atoms with E-state index < -0.39 is 0 Å². The van der Waals surface area contributed by atoms with Gasteiger partial charge in [-0.25, -0.2) is 0 Å². The Morgan fingerprint density at radius 1 is 1.33 bits per heavy atom. The van der Waals surface area contributed by atoms with Crippen LogP contribution in [0.1, 0.15) is 35.5 Å². The Balaban J connectivity index is 2.36. The van der Waals surface area contributed by atoms with E-state index >= 15 is 0 Å². The quantitative estimate of drug-likeness (QED) is 0.579. The maximum absolute atomic E-state index is 5.80. The first-order chi connectivity index (χ1) is 9.99. The zero-order valence-electron chi connectivity index (χ0n) is 12.5. The number of halogens is 2. The Kier molecular flexibility index (Phi) is 5.60. The summed E-state index contributed by atoms with van der Waals surface area (Å²) in [4.78, 5) is 0. The van der Waals surface area contributed by atoms with Crippen molar-refractivity contribution in [3.63, 3.8) is 0 Å². The molecule has 3 N–H and O–H groups in total. The summed E-state index contributed by atoms with van der Waals surface area (Å²) in [5.74, 6) is 5.80. The smallest absolute Gasteiger partial charge is 0.0766 e. The van der Waals surface area contributed by atoms with E-state index in [0.29, 0.717) is 0 Å². The van der Waals surface area contributed by atoms with Gasteiger partial charge in [0, 0.05) is 17.9 Å². The van der Waals surface area contributed by atoms with Crippen LogP contribution in [-0.2, 0) is 19.9 Å². The molecule has 0 radical (unpaired) electrons. The molecule has 2 aromatic rings. The Hall–Kier alpha value is -0.690. The third kappa shape index (κ3) is 3.39. The first kappa shape index (κ1) is 16.7. The van der Waals surface area contributed by atoms with Gasteiger partial charge in [0.15, 0.2) is 0 Å². The molecule has 4 nitrogen and oxygen atoms in total. The summed E-state index contributed by atoms with van der Waals surface area (Å²) in [6.07, 6.45) is 1.67. The summed E-state index contributed by atoms with van der Waals surface area (Å²) in [7, 11) is 1.97. The molecule has 0 aliphatic heterocycles. The highest BCUT2D eigenvalue weighted by Gasteiger charge is 2.20. The fourth-order valence-electron chi connectivity index (χ4n) is 2.43. The van der Waals surface area contributed by atoms with Crippen LogP contribution >= 0.6 is 31.9 Å². The minimum atomic E-state index is 0.0238. The number of hydrogen-bond acceptors (Lipinski definition) is 3. The molecule has 0 spiro atoms. The largest absolute Gasteiger partial charge is 0.271 e. The van der Waals surface area contributed by atoms with Crippen LogP contribution in [0.3, 0.4) is 0 Å². The number of nitrogens with zero attached hydrogens (tertiary/aromatic N) is 2. The number of aryl methyl sites for hydroxylation is 3. The highest BCUT2D eigenvalue weighted by atomic mass is 79.9. The van der Waals surface area contributed by atoms with E-state index in [2.05, 4.69) is 74.4 Å². The topological polar surface area (TPSA) is 55.9 Å². The standard InChI is InChI=1S/C15H20Br2N4/c1-4-11-15(17)13(21(3)20-11)8-12(19-18)10-7-5-6-9(2)14(10)16/h5-7,12,19H,4,8,18H2,1-3H3. The molecule has 1 heterocycles. The molecule has 1 aromatic carbocycles. The van der Waals surface area contributed by atoms with Crippen LogP contribution in [0.15, 0.2) is 27.1 Å². The van der Waals surface area contributed by atoms with Crippen molar-refractivity contribution in [1.29, 1.82) is 0 Å². The summed E-state index contributed by atoms with van der Waals surface area (Å²) >= 11 is 7.32. The number of aromatic nitrogens is 2. The molecular weight excluding hydrogens is 396 g/mol. The highest BCUT2D eigenvalue weighted by Crippen LogP contribution is 2.31. The van der Waals surface area contributed by atoms with E-state index in [1.165, 1.54) is 5.56 Å². The second kappa shape index (κ2) is 7.05. The molecule has 0 saturated heterocycles. The van der Waals surface area contributed by atoms with Crippen LogP contribution in [-0.4, -0.2) is 9.78 Å². The first-order valence-corrected chi connectivity index (χ1v) is 8.49. The summed E-state index contributed by atoms with van der Waals surface area (Å²) in [6.45, 7) is 4.18. The fraction of sp³-hybridized carbons (Fsp3) is 0.400. The van der Waals surface area contributed by atoms with Crippen LogP contribution in [0, 0.1) is 6.92 Å². The third-order valence-electron chi connectivity index (χ3n) is 3.70. The zero-order chi connectivity index (χ0) is 15.6. The van der Waals surface area contributed by atoms with Gasteiger partial charge in [0.1, 0.15) is 0 Å². The van der Waals surface area contributed by atoms with Crippen molar-refractivity contribution in [2.45, 2.75) is 32.7 Å². The minimum Gasteiger partial charge on any atom is -0.271 e. The van der Waals surface area contributed by atoms with Crippen molar-refractivity contribution in [2.24, 2.45) is 12.9 Å². The SMILES string of the molecule is CCc1nn(C)c(CC(NN)c2cccc(C)c2Br)c1Br. The molecule has 0 aliphatic carbocycles. The summed E-state index contributed by atoms with van der Waals surface area (Å²) in [5.41, 5.74) is 7.50. The van der Waals surface area contributed by atoms with Crippen molar-refractivity contribution in [1.82, 2.24) is 15.2 Å². The number of rotatable bonds is 5. The third-order valence-corrected chi connectivity index (χ3v) is 5.70. The van der Waals surface area contributed by atoms with Crippen molar-refractivity contribution >= 4 is 31.9 Å². The molecule has 1 aromatic heterocycles. The predicted molar refractivity (Wildman–Crippen MR) is 92.9 cm³/mol. The van der Waals surface area contributed by atoms with Gasteiger partial charge in [-0.05, 0) is 40.4 Å². The van der Waals surface area contributed by atoms with Crippen LogP contribution in [0.4, 0.5) is 0 Å². The first-order valence-electron chi connectivity index (χ1n) is 6.90. The highest BCUT2D eigenvalue weighted by molar-refractivity contribution is 9.10. The number of nitrogens with one attached hydrogen (secondary N) is 1. The normalized spacial score (nSPS) is 12.7. The van der Waals surface area contributed by atoms with Gasteiger partial charge in [-0.1, -0.05) is 41.1 Å². The van der Waals surface area contributed by atoms with Gasteiger partial charge in [-0.2, -0.15) is 5.10 Å². The van der Waals surface area contributed by atoms with E-state index in [-0.39, 0.29) is 6.04 Å². The average Bonchev–Trinajstić information content (AvgIpc) is 2.74. The van der Waals surface area contributed by atoms with Gasteiger partial charge in [0.05, 0.1) is 21.9 Å². The van der Waals surface area contributed by atoms with Crippen LogP contribution < -0.4 is 11.3 Å². The zero-order valence-corrected chi connectivity index (χ0v) is 15.6. The molecule has 0 aliphatic rings. The summed E-state index contributed by atoms with van der Waals surface area (Å²) in [5, 5.41) is 4.54. The van der Waals surface area contributed by atoms with Crippen molar-refractivity contribution in [2.75, 3.05) is 0 Å². The van der Waals surface area contributed by atoms with Gasteiger partial charge >= 0.3 is 0 Å². The molecule has 6 heteroatoms. The van der Waals surface area contributed by atoms with E-state index in [0.717, 1.165) is 38.7 Å². The van der Waals surface area contributed by atoms with Crippen molar-refractivity contribution < 1.29 is 0 Å². The van der Waals surface area contributed by atoms with Gasteiger partial charge in [0.25, 0.3) is 0 Å². The molecule has 0 amide bonds. The van der Waals surface area contributed by atoms with Crippen molar-refractivity contribution in [3.8, 4) is 0 Å². The molecule has 1 unspecified atom stereocenters. The summed E-state index contributed by atoms with van der Waals surface area (Å²) < 4.78 is 4.11. The molecule has 1 atom stereocenters. The lowest BCUT2D eigenvalue weighted by Crippen LogP contribution is -2.30. The second-order valence-corrected chi connectivity index (χ2v) is 6.67. The van der Waals surface area contributed by atoms with Gasteiger partial charge in [0.2, 0.25) is 0 Å². The number of hydrazine groups is 1. The molecule has 2 rings (SSSR count). The summed E-state index contributed by atoms with van der Waals surface area (Å²) in [6, 6.07) is 6.24. The predicted octanol–water partition coefficient (Wildman–Crippen LogP) is 3.56. The Labute approximate surface area is 142 Å². The van der Waals surface area contributed by atoms with Crippen LogP contribution in [0.2, 0.25) is 0 Å². The maximum atomic E-state index is 5.80. The van der Waals surface area contributed by atoms with Gasteiger partial charge in [-0.15, -0.1) is 0 Å². The number of hydrogen-bond donors (Lipinski definition) is 2. The lowest BCUT2D eigenvalue weighted by Gasteiger charge is -2.19. The molecule has 0 saturated carbocycles. The number of nitrogens with two attached hydrogens (primary N) is 1. The second-order valence-electron chi connectivity index (χ2n) is 5.09. The Morgan fingerprint density at radius 3 is 2.62 bits per heavy atom. The van der Waals surface area contributed by atoms with Gasteiger partial charge in [-0.3, -0.25) is 16.0 Å². The van der Waals surface area contributed by atoms with E-state index in [9.17, 15) is 0 Å². The van der Waals surface area contributed by atoms with Crippen LogP contribution in [0.25, 0.3) is 0 Å². The van der Waals surface area contributed by atoms with Gasteiger partial charge < -0.3 is 0 Å². The van der Waals surface area contributed by atoms with E-state index in [1.54, 1.807) is 0 Å². The molecule has 114 valence electrons. The maximum Gasteiger partial charge on any atom is 0.0766 e. The number of benzene rings is 1. The van der Waals surface area contributed by atoms with E-state index in [4.69, 9.17) is 5.84 Å². The molecule has 0 bridgehead atoms. The van der Waals surface area contributed by atoms with Crippen molar-refractivity contribution in [3.05, 3.63) is 49.7 Å². The molecule has 0 fully saturated rings. The minimum absolute atomic E-state index is 0.0238. The van der Waals surface area contributed by atoms with E-state index in [1.807, 2.05) is 11.7 Å². The Morgan fingerprint density at radius 2 is 2.05 bits per heavy atom.